The molecule has 0 aromatic heterocycles. The fourth-order valence-corrected chi connectivity index (χ4v) is 10.1. The zero-order valence-corrected chi connectivity index (χ0v) is 40.8. The summed E-state index contributed by atoms with van der Waals surface area (Å²) >= 11 is 0. The van der Waals surface area contributed by atoms with Crippen LogP contribution in [0, 0.1) is 5.92 Å². The second-order valence-corrected chi connectivity index (χ2v) is 18.8. The van der Waals surface area contributed by atoms with Crippen LogP contribution in [0.15, 0.2) is 36.4 Å². The molecule has 406 valence electrons. The van der Waals surface area contributed by atoms with Crippen molar-refractivity contribution < 1.29 is 103 Å². The second kappa shape index (κ2) is 23.3. The number of methoxy groups -OCH3 is 1. The zero-order chi connectivity index (χ0) is 54.0. The molecule has 3 aliphatic heterocycles. The van der Waals surface area contributed by atoms with Crippen LogP contribution < -0.4 is 25.8 Å². The van der Waals surface area contributed by atoms with Crippen molar-refractivity contribution in [2.24, 2.45) is 11.7 Å². The number of aliphatic carboxylic acids is 1. The first-order valence-electron chi connectivity index (χ1n) is 24.4. The van der Waals surface area contributed by atoms with Crippen LogP contribution in [-0.4, -0.2) is 183 Å². The van der Waals surface area contributed by atoms with E-state index in [2.05, 4.69) is 10.6 Å². The Morgan fingerprint density at radius 3 is 2.39 bits per heavy atom. The molecule has 0 bridgehead atoms. The van der Waals surface area contributed by atoms with E-state index < -0.39 is 138 Å². The first-order valence-corrected chi connectivity index (χ1v) is 24.4. The van der Waals surface area contributed by atoms with Crippen LogP contribution in [-0.2, 0) is 51.1 Å². The lowest BCUT2D eigenvalue weighted by molar-refractivity contribution is -0.271. The number of hydrogen-bond acceptors (Lipinski definition) is 22. The van der Waals surface area contributed by atoms with Crippen LogP contribution in [0.4, 0.5) is 10.5 Å². The van der Waals surface area contributed by atoms with Crippen molar-refractivity contribution in [3.63, 3.8) is 0 Å². The van der Waals surface area contributed by atoms with Crippen molar-refractivity contribution in [1.82, 2.24) is 10.2 Å². The van der Waals surface area contributed by atoms with E-state index in [0.717, 1.165) is 0 Å². The van der Waals surface area contributed by atoms with Gasteiger partial charge in [-0.1, -0.05) is 18.2 Å². The van der Waals surface area contributed by atoms with Crippen molar-refractivity contribution in [2.75, 3.05) is 45.3 Å². The van der Waals surface area contributed by atoms with Gasteiger partial charge in [0, 0.05) is 48.0 Å². The number of amides is 2. The van der Waals surface area contributed by atoms with Crippen molar-refractivity contribution in [3.8, 4) is 23.0 Å². The number of carbonyl (C=O) groups excluding carboxylic acids is 5. The number of aromatic hydroxyl groups is 2. The van der Waals surface area contributed by atoms with Gasteiger partial charge in [0.15, 0.2) is 24.0 Å². The molecular formula is C50H60N4O21. The number of aliphatic hydroxyl groups excluding tert-OH is 5. The molecule has 5 aliphatic rings. The smallest absolute Gasteiger partial charge is 0.412 e. The molecule has 0 spiro atoms. The van der Waals surface area contributed by atoms with Crippen molar-refractivity contribution in [1.29, 1.82) is 0 Å². The second-order valence-electron chi connectivity index (χ2n) is 18.8. The maximum absolute atomic E-state index is 14.1. The minimum Gasteiger partial charge on any atom is -0.507 e. The third kappa shape index (κ3) is 11.2. The molecule has 75 heavy (non-hydrogen) atoms. The van der Waals surface area contributed by atoms with Gasteiger partial charge in [0.2, 0.25) is 18.0 Å². The molecular weight excluding hydrogens is 993 g/mol. The minimum absolute atomic E-state index is 0.00280. The van der Waals surface area contributed by atoms with Gasteiger partial charge >= 0.3 is 12.1 Å². The minimum atomic E-state index is -1.96. The summed E-state index contributed by atoms with van der Waals surface area (Å²) in [6.45, 7) is 1.24. The Labute approximate surface area is 428 Å². The van der Waals surface area contributed by atoms with Gasteiger partial charge in [0.1, 0.15) is 60.8 Å². The number of anilines is 1. The topological polar surface area (TPSA) is 382 Å². The van der Waals surface area contributed by atoms with Gasteiger partial charge in [0.25, 0.3) is 0 Å². The average Bonchev–Trinajstić information content (AvgIpc) is 3.89. The third-order valence-electron chi connectivity index (χ3n) is 14.0. The summed E-state index contributed by atoms with van der Waals surface area (Å²) in [6.07, 6.45) is -14.5. The highest BCUT2D eigenvalue weighted by Gasteiger charge is 2.49. The monoisotopic (exact) mass is 1050 g/mol. The number of carboxylic acids is 1. The van der Waals surface area contributed by atoms with Crippen LogP contribution in [0.3, 0.4) is 0 Å². The van der Waals surface area contributed by atoms with Crippen LogP contribution in [0.25, 0.3) is 0 Å². The number of nitrogens with two attached hydrogens (primary N) is 1. The number of rotatable bonds is 18. The van der Waals surface area contributed by atoms with Gasteiger partial charge < -0.3 is 90.4 Å². The summed E-state index contributed by atoms with van der Waals surface area (Å²) in [5.74, 6) is -6.40. The summed E-state index contributed by atoms with van der Waals surface area (Å²) < 4.78 is 40.2. The predicted octanol–water partition coefficient (Wildman–Crippen LogP) is -0.149. The Kier molecular flexibility index (Phi) is 17.0. The molecule has 12 atom stereocenters. The van der Waals surface area contributed by atoms with Gasteiger partial charge in [-0.05, 0) is 62.9 Å². The molecule has 3 aromatic rings. The van der Waals surface area contributed by atoms with Gasteiger partial charge in [-0.3, -0.25) is 24.1 Å². The van der Waals surface area contributed by atoms with E-state index in [-0.39, 0.29) is 91.4 Å². The van der Waals surface area contributed by atoms with E-state index in [9.17, 15) is 69.6 Å². The quantitative estimate of drug-likeness (QED) is 0.0456. The fourth-order valence-electron chi connectivity index (χ4n) is 10.1. The number of carboxylic acid groups (broad SMARTS) is 1. The third-order valence-corrected chi connectivity index (χ3v) is 14.0. The molecule has 25 heteroatoms. The predicted molar refractivity (Wildman–Crippen MR) is 254 cm³/mol. The molecule has 3 saturated heterocycles. The molecule has 3 fully saturated rings. The fraction of sp³-hybridized carbons (Fsp3) is 0.520. The number of benzene rings is 3. The molecule has 12 N–H and O–H groups in total. The number of nitrogens with one attached hydrogen (secondary N) is 2. The maximum atomic E-state index is 14.1. The van der Waals surface area contributed by atoms with Gasteiger partial charge in [-0.25, -0.2) is 9.59 Å². The number of Topliss-reactive ketones (excluding diaryl/α,β-unsaturated/α-hetero) is 1. The number of ketones is 3. The zero-order valence-electron chi connectivity index (χ0n) is 40.8. The number of nitrogens with zero attached hydrogens (tertiary/aromatic N) is 1. The van der Waals surface area contributed by atoms with Gasteiger partial charge in [0.05, 0.1) is 61.0 Å². The van der Waals surface area contributed by atoms with Crippen LogP contribution >= 0.6 is 0 Å². The number of phenolic OH excluding ortho intramolecular Hbond substituents is 2. The Hall–Kier alpha value is -6.36. The van der Waals surface area contributed by atoms with Crippen LogP contribution in [0.2, 0.25) is 0 Å². The van der Waals surface area contributed by atoms with Crippen molar-refractivity contribution >= 4 is 41.0 Å². The summed E-state index contributed by atoms with van der Waals surface area (Å²) in [4.78, 5) is 79.9. The number of phenols is 2. The Morgan fingerprint density at radius 1 is 0.907 bits per heavy atom. The average molecular weight is 1050 g/mol. The highest BCUT2D eigenvalue weighted by molar-refractivity contribution is 6.31. The lowest BCUT2D eigenvalue weighted by Gasteiger charge is -2.41. The summed E-state index contributed by atoms with van der Waals surface area (Å²) in [5.41, 5.74) is 4.89. The van der Waals surface area contributed by atoms with E-state index in [0.29, 0.717) is 24.9 Å². The Balaban J connectivity index is 0.891. The standard InChI is InChI=1S/C50H60N4O21/c1-21-39(58)27(18-34(72-21)73-31-17-23(28(56)19-55)16-25-36(31)43(62)38-37(41(25)60)40(59)24-5-3-6-30(69-2)35(24)42(38)61)52-12-4-7-33-54(13-14-70-33)50(68)71-20-22-8-9-29(26(15-22)53-32(57)10-11-51)74-49-46(65)44(63)45(64)47(75-49)48(66)67/h3,5-6,8-9,15,21,23,27,31,33-34,39,44-47,49,52,55,58,60,62-65H,4,7,10-14,16-20,51H2,1-2H3,(H,53,57)(H,66,67)/t21?,23-,27?,31?,33?,34?,39?,44+,45+,46-,47+,49-/m1/s1. The van der Waals surface area contributed by atoms with E-state index in [1.54, 1.807) is 6.92 Å². The first kappa shape index (κ1) is 54.9. The van der Waals surface area contributed by atoms with Gasteiger partial charge in [-0.15, -0.1) is 0 Å². The largest absolute Gasteiger partial charge is 0.507 e. The van der Waals surface area contributed by atoms with Crippen LogP contribution in [0.1, 0.15) is 93.7 Å². The number of ether oxygens (including phenoxy) is 7. The Morgan fingerprint density at radius 2 is 1.67 bits per heavy atom. The normalized spacial score (nSPS) is 28.2. The van der Waals surface area contributed by atoms with E-state index in [1.165, 1.54) is 48.4 Å². The molecule has 3 heterocycles. The highest BCUT2D eigenvalue weighted by Crippen LogP contribution is 2.52. The Bertz CT molecular complexity index is 2690. The van der Waals surface area contributed by atoms with Gasteiger partial charge in [-0.2, -0.15) is 0 Å². The number of fused-ring (bicyclic) bond motifs is 3. The van der Waals surface area contributed by atoms with Crippen molar-refractivity contribution in [2.45, 2.75) is 120 Å². The molecule has 0 radical (unpaired) electrons. The molecule has 0 saturated carbocycles. The van der Waals surface area contributed by atoms with Crippen molar-refractivity contribution in [3.05, 3.63) is 75.3 Å². The number of carbonyl (C=O) groups is 6. The molecule has 8 rings (SSSR count). The first-order chi connectivity index (χ1) is 35.9. The summed E-state index contributed by atoms with van der Waals surface area (Å²) in [7, 11) is 1.32. The number of hydrogen-bond donors (Lipinski definition) is 11. The molecule has 25 nitrogen and oxygen atoms in total. The maximum Gasteiger partial charge on any atom is 0.412 e. The van der Waals surface area contributed by atoms with E-state index >= 15 is 0 Å². The lowest BCUT2D eigenvalue weighted by Crippen LogP contribution is -2.61. The SMILES string of the molecule is COc1cccc2c1C(=O)c1c(O)c3c(c(O)c1C2=O)C[C@@H](C(=O)CO)CC3OC1CC(NCCCC2OCCN2C(=O)OCc2ccc(O[C@@H]3O[C@H](C(=O)O)[C@@H](O)[C@H](O)[C@H]3O)c(NC(=O)CCN)c2)C(O)C(C)O1. The lowest BCUT2D eigenvalue weighted by atomic mass is 9.73. The summed E-state index contributed by atoms with van der Waals surface area (Å²) in [6, 6.07) is 7.99. The van der Waals surface area contributed by atoms with E-state index in [4.69, 9.17) is 38.9 Å². The molecule has 2 aliphatic carbocycles. The molecule has 2 amide bonds. The van der Waals surface area contributed by atoms with E-state index in [1.807, 2.05) is 0 Å². The highest BCUT2D eigenvalue weighted by atomic mass is 16.7. The summed E-state index contributed by atoms with van der Waals surface area (Å²) in [5, 5.41) is 90.8. The van der Waals surface area contributed by atoms with Crippen LogP contribution in [0.5, 0.6) is 23.0 Å². The number of aliphatic hydroxyl groups is 5. The molecule has 6 unspecified atom stereocenters. The molecule has 3 aromatic carbocycles.